The monoisotopic (exact) mass is 330 g/mol. The molecule has 1 heterocycles. The van der Waals surface area contributed by atoms with E-state index in [0.717, 1.165) is 11.1 Å². The summed E-state index contributed by atoms with van der Waals surface area (Å²) in [6, 6.07) is 12.9. The van der Waals surface area contributed by atoms with Gasteiger partial charge in [0.1, 0.15) is 11.5 Å². The van der Waals surface area contributed by atoms with E-state index in [9.17, 15) is 0 Å². The van der Waals surface area contributed by atoms with Crippen molar-refractivity contribution >= 4 is 11.6 Å². The van der Waals surface area contributed by atoms with Crippen molar-refractivity contribution in [1.82, 2.24) is 10.2 Å². The largest absolute Gasteiger partial charge is 0.496 e. The third-order valence-electron chi connectivity index (χ3n) is 3.30. The lowest BCUT2D eigenvalue weighted by Crippen LogP contribution is -1.96. The number of aromatic nitrogens is 2. The molecule has 0 saturated carbocycles. The van der Waals surface area contributed by atoms with Gasteiger partial charge in [0, 0.05) is 5.02 Å². The van der Waals surface area contributed by atoms with Crippen LogP contribution in [0.15, 0.2) is 46.9 Å². The Kier molecular flexibility index (Phi) is 4.48. The van der Waals surface area contributed by atoms with Crippen molar-refractivity contribution in [2.75, 3.05) is 7.11 Å². The Morgan fingerprint density at radius 2 is 1.96 bits per heavy atom. The van der Waals surface area contributed by atoms with Gasteiger partial charge in [-0.3, -0.25) is 0 Å². The quantitative estimate of drug-likeness (QED) is 0.698. The fourth-order valence-electron chi connectivity index (χ4n) is 2.09. The molecule has 3 aromatic rings. The first-order chi connectivity index (χ1) is 11.2. The molecule has 2 aromatic carbocycles. The number of benzene rings is 2. The van der Waals surface area contributed by atoms with Crippen LogP contribution in [0.4, 0.5) is 0 Å². The molecule has 23 heavy (non-hydrogen) atoms. The molecular weight excluding hydrogens is 316 g/mol. The zero-order valence-electron chi connectivity index (χ0n) is 12.7. The van der Waals surface area contributed by atoms with Gasteiger partial charge in [-0.2, -0.15) is 0 Å². The van der Waals surface area contributed by atoms with Gasteiger partial charge in [-0.05, 0) is 42.8 Å². The Bertz CT molecular complexity index is 817. The van der Waals surface area contributed by atoms with E-state index in [1.807, 2.05) is 37.3 Å². The highest BCUT2D eigenvalue weighted by molar-refractivity contribution is 6.31. The fraction of sp³-hybridized carbons (Fsp3) is 0.176. The van der Waals surface area contributed by atoms with Crippen molar-refractivity contribution in [3.8, 4) is 23.0 Å². The second-order valence-corrected chi connectivity index (χ2v) is 5.31. The molecule has 118 valence electrons. The number of para-hydroxylation sites is 1. The van der Waals surface area contributed by atoms with Crippen molar-refractivity contribution < 1.29 is 13.9 Å². The molecule has 0 unspecified atom stereocenters. The highest BCUT2D eigenvalue weighted by Crippen LogP contribution is 2.28. The molecule has 0 fully saturated rings. The molecule has 0 N–H and O–H groups in total. The van der Waals surface area contributed by atoms with Crippen LogP contribution in [0.3, 0.4) is 0 Å². The lowest BCUT2D eigenvalue weighted by atomic mass is 10.2. The first-order valence-corrected chi connectivity index (χ1v) is 7.40. The van der Waals surface area contributed by atoms with Gasteiger partial charge in [0.2, 0.25) is 0 Å². The van der Waals surface area contributed by atoms with E-state index in [1.54, 1.807) is 19.2 Å². The van der Waals surface area contributed by atoms with Crippen LogP contribution in [0.5, 0.6) is 11.5 Å². The normalized spacial score (nSPS) is 10.6. The highest BCUT2D eigenvalue weighted by Gasteiger charge is 2.13. The van der Waals surface area contributed by atoms with Crippen molar-refractivity contribution in [1.29, 1.82) is 0 Å². The molecule has 5 nitrogen and oxygen atoms in total. The van der Waals surface area contributed by atoms with Gasteiger partial charge in [0.05, 0.1) is 12.7 Å². The summed E-state index contributed by atoms with van der Waals surface area (Å²) in [7, 11) is 1.60. The van der Waals surface area contributed by atoms with E-state index in [0.29, 0.717) is 28.3 Å². The summed E-state index contributed by atoms with van der Waals surface area (Å²) < 4.78 is 16.6. The topological polar surface area (TPSA) is 57.4 Å². The third kappa shape index (κ3) is 3.46. The van der Waals surface area contributed by atoms with Crippen LogP contribution in [-0.2, 0) is 6.61 Å². The Hall–Kier alpha value is -2.53. The van der Waals surface area contributed by atoms with Gasteiger partial charge in [-0.1, -0.05) is 23.7 Å². The Morgan fingerprint density at radius 1 is 1.13 bits per heavy atom. The number of ether oxygens (including phenoxy) is 2. The number of hydrogen-bond acceptors (Lipinski definition) is 5. The van der Waals surface area contributed by atoms with Crippen LogP contribution in [0.1, 0.15) is 11.5 Å². The molecule has 0 bridgehead atoms. The maximum atomic E-state index is 5.99. The molecule has 0 atom stereocenters. The zero-order chi connectivity index (χ0) is 16.2. The lowest BCUT2D eigenvalue weighted by Gasteiger charge is -2.05. The van der Waals surface area contributed by atoms with Gasteiger partial charge < -0.3 is 13.9 Å². The van der Waals surface area contributed by atoms with E-state index in [2.05, 4.69) is 10.2 Å². The summed E-state index contributed by atoms with van der Waals surface area (Å²) in [5, 5.41) is 8.74. The summed E-state index contributed by atoms with van der Waals surface area (Å²) in [5.41, 5.74) is 1.69. The van der Waals surface area contributed by atoms with Crippen LogP contribution >= 0.6 is 11.6 Å². The van der Waals surface area contributed by atoms with Gasteiger partial charge in [0.15, 0.2) is 6.61 Å². The van der Waals surface area contributed by atoms with Crippen LogP contribution in [0.25, 0.3) is 11.5 Å². The van der Waals surface area contributed by atoms with E-state index in [1.165, 1.54) is 0 Å². The molecule has 0 saturated heterocycles. The van der Waals surface area contributed by atoms with Crippen molar-refractivity contribution in [3.05, 3.63) is 58.9 Å². The van der Waals surface area contributed by atoms with Crippen LogP contribution < -0.4 is 9.47 Å². The summed E-state index contributed by atoms with van der Waals surface area (Å²) in [6.45, 7) is 2.10. The molecule has 0 aliphatic heterocycles. The predicted octanol–water partition coefficient (Wildman–Crippen LogP) is 4.29. The van der Waals surface area contributed by atoms with E-state index < -0.39 is 0 Å². The van der Waals surface area contributed by atoms with Crippen molar-refractivity contribution in [3.63, 3.8) is 0 Å². The zero-order valence-corrected chi connectivity index (χ0v) is 13.5. The number of rotatable bonds is 5. The number of aryl methyl sites for hydroxylation is 1. The van der Waals surface area contributed by atoms with Crippen molar-refractivity contribution in [2.45, 2.75) is 13.5 Å². The van der Waals surface area contributed by atoms with Gasteiger partial charge in [-0.25, -0.2) is 0 Å². The first-order valence-electron chi connectivity index (χ1n) is 7.02. The number of halogens is 1. The third-order valence-corrected chi connectivity index (χ3v) is 3.72. The fourth-order valence-corrected chi connectivity index (χ4v) is 2.21. The van der Waals surface area contributed by atoms with E-state index >= 15 is 0 Å². The minimum absolute atomic E-state index is 0.184. The van der Waals surface area contributed by atoms with Crippen LogP contribution in [0.2, 0.25) is 5.02 Å². The number of methoxy groups -OCH3 is 1. The number of nitrogens with zero attached hydrogens (tertiary/aromatic N) is 2. The van der Waals surface area contributed by atoms with Crippen molar-refractivity contribution in [2.24, 2.45) is 0 Å². The Morgan fingerprint density at radius 3 is 2.74 bits per heavy atom. The Labute approximate surface area is 138 Å². The average molecular weight is 331 g/mol. The highest BCUT2D eigenvalue weighted by atomic mass is 35.5. The van der Waals surface area contributed by atoms with E-state index in [-0.39, 0.29) is 6.61 Å². The second-order valence-electron chi connectivity index (χ2n) is 4.90. The lowest BCUT2D eigenvalue weighted by molar-refractivity contribution is 0.264. The smallest absolute Gasteiger partial charge is 0.254 e. The first kappa shape index (κ1) is 15.4. The summed E-state index contributed by atoms with van der Waals surface area (Å²) >= 11 is 5.99. The second kappa shape index (κ2) is 6.71. The molecular formula is C17H15ClN2O3. The SMILES string of the molecule is COc1ccccc1-c1nnc(COc2ccc(Cl)c(C)c2)o1. The maximum Gasteiger partial charge on any atom is 0.254 e. The van der Waals surface area contributed by atoms with Gasteiger partial charge >= 0.3 is 0 Å². The molecule has 0 radical (unpaired) electrons. The minimum atomic E-state index is 0.184. The molecule has 1 aromatic heterocycles. The molecule has 0 aliphatic carbocycles. The maximum absolute atomic E-state index is 5.99. The van der Waals surface area contributed by atoms with Crippen LogP contribution in [-0.4, -0.2) is 17.3 Å². The molecule has 6 heteroatoms. The van der Waals surface area contributed by atoms with Crippen LogP contribution in [0, 0.1) is 6.92 Å². The summed E-state index contributed by atoms with van der Waals surface area (Å²) in [6.07, 6.45) is 0. The molecule has 3 rings (SSSR count). The predicted molar refractivity (Wildman–Crippen MR) is 86.8 cm³/mol. The van der Waals surface area contributed by atoms with E-state index in [4.69, 9.17) is 25.5 Å². The molecule has 0 amide bonds. The summed E-state index contributed by atoms with van der Waals surface area (Å²) in [5.74, 6) is 2.16. The molecule has 0 spiro atoms. The molecule has 0 aliphatic rings. The number of hydrogen-bond donors (Lipinski definition) is 0. The van der Waals surface area contributed by atoms with Gasteiger partial charge in [0.25, 0.3) is 11.8 Å². The standard InChI is InChI=1S/C17H15ClN2O3/c1-11-9-12(7-8-14(11)18)22-10-16-19-20-17(23-16)13-5-3-4-6-15(13)21-2/h3-9H,10H2,1-2H3. The average Bonchev–Trinajstić information content (AvgIpc) is 3.04. The Balaban J connectivity index is 1.73. The van der Waals surface area contributed by atoms with Gasteiger partial charge in [-0.15, -0.1) is 10.2 Å². The summed E-state index contributed by atoms with van der Waals surface area (Å²) in [4.78, 5) is 0. The minimum Gasteiger partial charge on any atom is -0.496 e.